The molecule has 1 heterocycles. The zero-order valence-electron chi connectivity index (χ0n) is 21.3. The Bertz CT molecular complexity index is 1620. The Hall–Kier alpha value is -4.59. The minimum Gasteiger partial charge on any atom is -0.489 e. The van der Waals surface area contributed by atoms with Crippen molar-refractivity contribution in [1.29, 1.82) is 0 Å². The minimum atomic E-state index is -0.646. The van der Waals surface area contributed by atoms with E-state index in [9.17, 15) is 14.4 Å². The van der Waals surface area contributed by atoms with Crippen molar-refractivity contribution in [3.63, 3.8) is 0 Å². The maximum Gasteiger partial charge on any atom is 0.283 e. The Morgan fingerprint density at radius 3 is 2.20 bits per heavy atom. The standard InChI is InChI=1S/C31H23Cl2N3O4/c1-19-7-10-22(32)17-26(19)36-30(38)27(33)28(31(36)39)34-23-11-8-21(9-12-23)29(37)35-24-13-15-25(16-14-24)40-18-20-5-3-2-4-6-20/h2-17,34H,18H2,1H3,(H,35,37). The third kappa shape index (κ3) is 5.86. The second kappa shape index (κ2) is 11.7. The van der Waals surface area contributed by atoms with E-state index in [0.29, 0.717) is 45.6 Å². The molecule has 9 heteroatoms. The van der Waals surface area contributed by atoms with Gasteiger partial charge in [0, 0.05) is 22.0 Å². The highest BCUT2D eigenvalue weighted by atomic mass is 35.5. The van der Waals surface area contributed by atoms with Gasteiger partial charge >= 0.3 is 0 Å². The van der Waals surface area contributed by atoms with Crippen LogP contribution < -0.4 is 20.3 Å². The SMILES string of the molecule is Cc1ccc(Cl)cc1N1C(=O)C(Cl)=C(Nc2ccc(C(=O)Nc3ccc(OCc4ccccc4)cc3)cc2)C1=O. The fourth-order valence-electron chi connectivity index (χ4n) is 4.08. The fourth-order valence-corrected chi connectivity index (χ4v) is 4.46. The van der Waals surface area contributed by atoms with Gasteiger partial charge in [0.25, 0.3) is 17.7 Å². The van der Waals surface area contributed by atoms with E-state index in [-0.39, 0.29) is 16.6 Å². The van der Waals surface area contributed by atoms with Gasteiger partial charge in [0.2, 0.25) is 0 Å². The number of halogens is 2. The Morgan fingerprint density at radius 1 is 0.825 bits per heavy atom. The lowest BCUT2D eigenvalue weighted by Crippen LogP contribution is -2.32. The molecule has 7 nitrogen and oxygen atoms in total. The van der Waals surface area contributed by atoms with E-state index < -0.39 is 11.8 Å². The lowest BCUT2D eigenvalue weighted by Gasteiger charge is -2.17. The first-order chi connectivity index (χ1) is 19.3. The summed E-state index contributed by atoms with van der Waals surface area (Å²) in [5.74, 6) is -0.865. The highest BCUT2D eigenvalue weighted by Gasteiger charge is 2.39. The first-order valence-electron chi connectivity index (χ1n) is 12.3. The summed E-state index contributed by atoms with van der Waals surface area (Å²) in [7, 11) is 0. The van der Waals surface area contributed by atoms with Crippen LogP contribution in [-0.4, -0.2) is 17.7 Å². The maximum atomic E-state index is 13.1. The highest BCUT2D eigenvalue weighted by molar-refractivity contribution is 6.53. The lowest BCUT2D eigenvalue weighted by molar-refractivity contribution is -0.120. The van der Waals surface area contributed by atoms with E-state index in [1.54, 1.807) is 73.7 Å². The summed E-state index contributed by atoms with van der Waals surface area (Å²) in [4.78, 5) is 39.6. The van der Waals surface area contributed by atoms with Crippen LogP contribution in [0.2, 0.25) is 5.02 Å². The highest BCUT2D eigenvalue weighted by Crippen LogP contribution is 2.33. The second-order valence-corrected chi connectivity index (χ2v) is 9.84. The number of nitrogens with zero attached hydrogens (tertiary/aromatic N) is 1. The van der Waals surface area contributed by atoms with Crippen molar-refractivity contribution < 1.29 is 19.1 Å². The molecule has 2 N–H and O–H groups in total. The van der Waals surface area contributed by atoms with Gasteiger partial charge < -0.3 is 15.4 Å². The molecule has 0 aliphatic carbocycles. The molecule has 1 aliphatic rings. The van der Waals surface area contributed by atoms with E-state index in [1.807, 2.05) is 30.3 Å². The van der Waals surface area contributed by atoms with Gasteiger partial charge in [0.05, 0.1) is 5.69 Å². The minimum absolute atomic E-state index is 0.0576. The number of benzene rings is 4. The van der Waals surface area contributed by atoms with Gasteiger partial charge in [-0.15, -0.1) is 0 Å². The first-order valence-corrected chi connectivity index (χ1v) is 13.1. The quantitative estimate of drug-likeness (QED) is 0.224. The molecule has 4 aromatic carbocycles. The Morgan fingerprint density at radius 2 is 1.50 bits per heavy atom. The third-order valence-electron chi connectivity index (χ3n) is 6.22. The molecule has 200 valence electrons. The van der Waals surface area contributed by atoms with Crippen LogP contribution in [0.15, 0.2) is 108 Å². The van der Waals surface area contributed by atoms with Crippen LogP contribution in [0.25, 0.3) is 0 Å². The smallest absolute Gasteiger partial charge is 0.283 e. The summed E-state index contributed by atoms with van der Waals surface area (Å²) in [5, 5.41) is 5.91. The molecule has 0 unspecified atom stereocenters. The van der Waals surface area contributed by atoms with Gasteiger partial charge in [-0.05, 0) is 78.7 Å². The molecule has 0 saturated heterocycles. The average Bonchev–Trinajstić information content (AvgIpc) is 3.17. The van der Waals surface area contributed by atoms with Crippen molar-refractivity contribution in [2.75, 3.05) is 15.5 Å². The number of anilines is 3. The Balaban J connectivity index is 1.20. The van der Waals surface area contributed by atoms with Gasteiger partial charge in [-0.3, -0.25) is 14.4 Å². The number of hydrogen-bond acceptors (Lipinski definition) is 5. The molecule has 5 rings (SSSR count). The van der Waals surface area contributed by atoms with Gasteiger partial charge in [0.15, 0.2) is 0 Å². The van der Waals surface area contributed by atoms with E-state index >= 15 is 0 Å². The number of ether oxygens (including phenoxy) is 1. The van der Waals surface area contributed by atoms with Crippen molar-refractivity contribution in [2.45, 2.75) is 13.5 Å². The normalized spacial score (nSPS) is 13.0. The Kier molecular flexibility index (Phi) is 7.86. The summed E-state index contributed by atoms with van der Waals surface area (Å²) in [6.07, 6.45) is 0. The molecule has 0 bridgehead atoms. The zero-order valence-corrected chi connectivity index (χ0v) is 22.8. The molecule has 0 saturated carbocycles. The van der Waals surface area contributed by atoms with Gasteiger partial charge in [0.1, 0.15) is 23.1 Å². The van der Waals surface area contributed by atoms with Crippen molar-refractivity contribution in [3.05, 3.63) is 130 Å². The van der Waals surface area contributed by atoms with Crippen LogP contribution in [0, 0.1) is 6.92 Å². The van der Waals surface area contributed by atoms with E-state index in [4.69, 9.17) is 27.9 Å². The molecule has 0 spiro atoms. The molecule has 40 heavy (non-hydrogen) atoms. The molecule has 0 fully saturated rings. The topological polar surface area (TPSA) is 87.7 Å². The molecule has 0 aromatic heterocycles. The lowest BCUT2D eigenvalue weighted by atomic mass is 10.1. The molecule has 3 amide bonds. The van der Waals surface area contributed by atoms with Crippen molar-refractivity contribution in [1.82, 2.24) is 0 Å². The van der Waals surface area contributed by atoms with Crippen LogP contribution in [0.4, 0.5) is 17.1 Å². The van der Waals surface area contributed by atoms with E-state index in [0.717, 1.165) is 10.5 Å². The van der Waals surface area contributed by atoms with Gasteiger partial charge in [-0.1, -0.05) is 59.6 Å². The number of hydrogen-bond donors (Lipinski definition) is 2. The summed E-state index contributed by atoms with van der Waals surface area (Å²) < 4.78 is 5.78. The number of carbonyl (C=O) groups excluding carboxylic acids is 3. The summed E-state index contributed by atoms with van der Waals surface area (Å²) in [6, 6.07) is 28.3. The van der Waals surface area contributed by atoms with Gasteiger partial charge in [-0.2, -0.15) is 0 Å². The molecular weight excluding hydrogens is 549 g/mol. The monoisotopic (exact) mass is 571 g/mol. The van der Waals surface area contributed by atoms with Crippen LogP contribution in [-0.2, 0) is 16.2 Å². The van der Waals surface area contributed by atoms with Crippen molar-refractivity contribution in [3.8, 4) is 5.75 Å². The fraction of sp³-hybridized carbons (Fsp3) is 0.0645. The molecular formula is C31H23Cl2N3O4. The van der Waals surface area contributed by atoms with E-state index in [1.165, 1.54) is 0 Å². The Labute approximate surface area is 241 Å². The average molecular weight is 572 g/mol. The maximum absolute atomic E-state index is 13.1. The molecule has 0 radical (unpaired) electrons. The van der Waals surface area contributed by atoms with Gasteiger partial charge in [-0.25, -0.2) is 4.90 Å². The molecule has 0 atom stereocenters. The molecule has 1 aliphatic heterocycles. The number of rotatable bonds is 8. The summed E-state index contributed by atoms with van der Waals surface area (Å²) in [5.41, 5.74) is 3.56. The van der Waals surface area contributed by atoms with Crippen LogP contribution in [0.3, 0.4) is 0 Å². The van der Waals surface area contributed by atoms with Crippen molar-refractivity contribution >= 4 is 58.0 Å². The predicted octanol–water partition coefficient (Wildman–Crippen LogP) is 6.92. The van der Waals surface area contributed by atoms with Crippen molar-refractivity contribution in [2.24, 2.45) is 0 Å². The number of aryl methyl sites for hydroxylation is 1. The third-order valence-corrected chi connectivity index (χ3v) is 6.80. The largest absolute Gasteiger partial charge is 0.489 e. The number of nitrogens with one attached hydrogen (secondary N) is 2. The summed E-state index contributed by atoms with van der Waals surface area (Å²) in [6.45, 7) is 2.22. The predicted molar refractivity (Wildman–Crippen MR) is 157 cm³/mol. The second-order valence-electron chi connectivity index (χ2n) is 9.02. The summed E-state index contributed by atoms with van der Waals surface area (Å²) >= 11 is 12.3. The molecule has 4 aromatic rings. The number of carbonyl (C=O) groups is 3. The van der Waals surface area contributed by atoms with E-state index in [2.05, 4.69) is 10.6 Å². The number of imide groups is 1. The zero-order chi connectivity index (χ0) is 28.2. The number of amides is 3. The first kappa shape index (κ1) is 27.0. The van der Waals surface area contributed by atoms with Crippen LogP contribution in [0.1, 0.15) is 21.5 Å². The van der Waals surface area contributed by atoms with Crippen LogP contribution >= 0.6 is 23.2 Å². The van der Waals surface area contributed by atoms with Crippen LogP contribution in [0.5, 0.6) is 5.75 Å².